The highest BCUT2D eigenvalue weighted by Crippen LogP contribution is 2.32. The molecular formula is C23H25FN6OS. The molecule has 0 aromatic carbocycles. The van der Waals surface area contributed by atoms with Gasteiger partial charge in [-0.05, 0) is 31.6 Å². The first-order chi connectivity index (χ1) is 15.6. The quantitative estimate of drug-likeness (QED) is 0.619. The van der Waals surface area contributed by atoms with Gasteiger partial charge in [0, 0.05) is 55.3 Å². The van der Waals surface area contributed by atoms with E-state index in [1.807, 2.05) is 31.2 Å². The summed E-state index contributed by atoms with van der Waals surface area (Å²) >= 11 is 1.44. The van der Waals surface area contributed by atoms with Gasteiger partial charge < -0.3 is 9.88 Å². The number of H-pyrrole nitrogens is 2. The molecule has 1 saturated heterocycles. The van der Waals surface area contributed by atoms with Crippen molar-refractivity contribution < 1.29 is 4.39 Å². The SMILES string of the molecule is Cc1[nH]ncc1-c1cc2nc(CCN3CCN(C4=C(F)C=CCC=C4)CC3)[nH]c(=O)c2s1. The van der Waals surface area contributed by atoms with Gasteiger partial charge in [0.2, 0.25) is 0 Å². The standard InChI is InChI=1S/C23H25FN6OS/c1-15-16(14-25-28-15)20-13-18-22(32-20)23(31)27-21(26-18)7-8-29-9-11-30(12-10-29)19-6-4-2-3-5-17(19)24/h3-6,13-14H,2,7-12H2,1H3,(H,25,28)(H,26,27,31). The maximum absolute atomic E-state index is 14.3. The van der Waals surface area contributed by atoms with Gasteiger partial charge in [-0.2, -0.15) is 5.10 Å². The first-order valence-electron chi connectivity index (χ1n) is 10.8. The molecule has 2 N–H and O–H groups in total. The third kappa shape index (κ3) is 4.18. The average Bonchev–Trinajstić information content (AvgIpc) is 3.35. The summed E-state index contributed by atoms with van der Waals surface area (Å²) in [4.78, 5) is 25.7. The van der Waals surface area contributed by atoms with Crippen molar-refractivity contribution in [2.75, 3.05) is 32.7 Å². The van der Waals surface area contributed by atoms with Crippen molar-refractivity contribution in [3.63, 3.8) is 0 Å². The Morgan fingerprint density at radius 2 is 2.00 bits per heavy atom. The topological polar surface area (TPSA) is 80.9 Å². The van der Waals surface area contributed by atoms with E-state index in [1.54, 1.807) is 12.3 Å². The third-order valence-electron chi connectivity index (χ3n) is 5.96. The zero-order chi connectivity index (χ0) is 22.1. The first-order valence-corrected chi connectivity index (χ1v) is 11.6. The number of aromatic nitrogens is 4. The highest BCUT2D eigenvalue weighted by molar-refractivity contribution is 7.22. The number of halogens is 1. The second-order valence-electron chi connectivity index (χ2n) is 8.10. The number of nitrogens with zero attached hydrogens (tertiary/aromatic N) is 4. The lowest BCUT2D eigenvalue weighted by atomic mass is 10.2. The first kappa shape index (κ1) is 20.8. The third-order valence-corrected chi connectivity index (χ3v) is 7.12. The van der Waals surface area contributed by atoms with E-state index in [4.69, 9.17) is 4.98 Å². The Morgan fingerprint density at radius 1 is 1.19 bits per heavy atom. The van der Waals surface area contributed by atoms with Crippen molar-refractivity contribution in [2.24, 2.45) is 0 Å². The molecule has 166 valence electrons. The minimum atomic E-state index is -0.164. The maximum Gasteiger partial charge on any atom is 0.268 e. The molecule has 0 saturated carbocycles. The van der Waals surface area contributed by atoms with Crippen LogP contribution in [0.4, 0.5) is 4.39 Å². The number of fused-ring (bicyclic) bond motifs is 1. The number of hydrogen-bond acceptors (Lipinski definition) is 6. The monoisotopic (exact) mass is 452 g/mol. The minimum Gasteiger partial charge on any atom is -0.367 e. The molecule has 9 heteroatoms. The number of piperazine rings is 1. The fourth-order valence-corrected chi connectivity index (χ4v) is 5.23. The second kappa shape index (κ2) is 8.84. The molecule has 2 aliphatic rings. The average molecular weight is 453 g/mol. The predicted octanol–water partition coefficient (Wildman–Crippen LogP) is 3.54. The predicted molar refractivity (Wildman–Crippen MR) is 125 cm³/mol. The summed E-state index contributed by atoms with van der Waals surface area (Å²) in [6.07, 6.45) is 10.5. The Balaban J connectivity index is 1.24. The van der Waals surface area contributed by atoms with Crippen LogP contribution in [0.1, 0.15) is 17.9 Å². The van der Waals surface area contributed by atoms with E-state index in [2.05, 4.69) is 25.0 Å². The molecule has 0 unspecified atom stereocenters. The summed E-state index contributed by atoms with van der Waals surface area (Å²) in [5.41, 5.74) is 3.28. The van der Waals surface area contributed by atoms with Gasteiger partial charge in [0.1, 0.15) is 16.4 Å². The van der Waals surface area contributed by atoms with E-state index in [0.29, 0.717) is 22.6 Å². The van der Waals surface area contributed by atoms with Gasteiger partial charge in [-0.1, -0.05) is 12.2 Å². The van der Waals surface area contributed by atoms with Gasteiger partial charge in [0.15, 0.2) is 0 Å². The number of rotatable bonds is 5. The molecule has 0 amide bonds. The lowest BCUT2D eigenvalue weighted by Gasteiger charge is -2.36. The molecule has 7 nitrogen and oxygen atoms in total. The Bertz CT molecular complexity index is 1280. The van der Waals surface area contributed by atoms with Crippen LogP contribution in [-0.4, -0.2) is 62.7 Å². The molecule has 0 bridgehead atoms. The van der Waals surface area contributed by atoms with Gasteiger partial charge in [0.05, 0.1) is 17.4 Å². The van der Waals surface area contributed by atoms with Crippen LogP contribution in [0.2, 0.25) is 0 Å². The van der Waals surface area contributed by atoms with Crippen LogP contribution in [0.3, 0.4) is 0 Å². The molecule has 32 heavy (non-hydrogen) atoms. The van der Waals surface area contributed by atoms with Crippen LogP contribution in [0.25, 0.3) is 20.7 Å². The van der Waals surface area contributed by atoms with Crippen molar-refractivity contribution in [1.82, 2.24) is 30.0 Å². The number of allylic oxidation sites excluding steroid dienone is 5. The maximum atomic E-state index is 14.3. The normalized spacial score (nSPS) is 17.5. The molecule has 5 rings (SSSR count). The van der Waals surface area contributed by atoms with Crippen LogP contribution in [0, 0.1) is 6.92 Å². The molecule has 1 aliphatic carbocycles. The van der Waals surface area contributed by atoms with Gasteiger partial charge in [-0.3, -0.25) is 14.8 Å². The van der Waals surface area contributed by atoms with Gasteiger partial charge in [0.25, 0.3) is 5.56 Å². The van der Waals surface area contributed by atoms with Gasteiger partial charge >= 0.3 is 0 Å². The molecule has 1 aliphatic heterocycles. The Hall–Kier alpha value is -3.04. The highest BCUT2D eigenvalue weighted by atomic mass is 32.1. The summed E-state index contributed by atoms with van der Waals surface area (Å²) in [6, 6.07) is 1.96. The number of hydrogen-bond donors (Lipinski definition) is 2. The smallest absolute Gasteiger partial charge is 0.268 e. The highest BCUT2D eigenvalue weighted by Gasteiger charge is 2.20. The molecule has 4 heterocycles. The fraction of sp³-hybridized carbons (Fsp3) is 0.348. The van der Waals surface area contributed by atoms with Gasteiger partial charge in [-0.15, -0.1) is 11.3 Å². The van der Waals surface area contributed by atoms with E-state index in [1.165, 1.54) is 11.3 Å². The van der Waals surface area contributed by atoms with E-state index < -0.39 is 0 Å². The van der Waals surface area contributed by atoms with Crippen LogP contribution >= 0.6 is 11.3 Å². The number of nitrogens with one attached hydrogen (secondary N) is 2. The second-order valence-corrected chi connectivity index (χ2v) is 9.15. The molecule has 0 spiro atoms. The van der Waals surface area contributed by atoms with Gasteiger partial charge in [-0.25, -0.2) is 9.37 Å². The van der Waals surface area contributed by atoms with Crippen molar-refractivity contribution >= 4 is 21.6 Å². The molecule has 3 aromatic heterocycles. The van der Waals surface area contributed by atoms with E-state index in [-0.39, 0.29) is 11.4 Å². The molecule has 3 aromatic rings. The van der Waals surface area contributed by atoms with Crippen LogP contribution in [0.5, 0.6) is 0 Å². The van der Waals surface area contributed by atoms with Crippen LogP contribution < -0.4 is 5.56 Å². The summed E-state index contributed by atoms with van der Waals surface area (Å²) in [7, 11) is 0. The zero-order valence-electron chi connectivity index (χ0n) is 17.9. The van der Waals surface area contributed by atoms with E-state index in [9.17, 15) is 9.18 Å². The van der Waals surface area contributed by atoms with Crippen molar-refractivity contribution in [3.05, 3.63) is 70.0 Å². The summed E-state index contributed by atoms with van der Waals surface area (Å²) in [5.74, 6) is 0.534. The molecular weight excluding hydrogens is 427 g/mol. The summed E-state index contributed by atoms with van der Waals surface area (Å²) in [5, 5.41) is 7.00. The summed E-state index contributed by atoms with van der Waals surface area (Å²) < 4.78 is 14.9. The molecule has 1 fully saturated rings. The zero-order valence-corrected chi connectivity index (χ0v) is 18.7. The number of thiophene rings is 1. The van der Waals surface area contributed by atoms with Crippen LogP contribution in [-0.2, 0) is 6.42 Å². The van der Waals surface area contributed by atoms with Crippen molar-refractivity contribution in [2.45, 2.75) is 19.8 Å². The Morgan fingerprint density at radius 3 is 2.78 bits per heavy atom. The Kier molecular flexibility index (Phi) is 5.75. The van der Waals surface area contributed by atoms with Crippen molar-refractivity contribution in [3.8, 4) is 10.4 Å². The fourth-order valence-electron chi connectivity index (χ4n) is 4.17. The number of aryl methyl sites for hydroxylation is 1. The summed E-state index contributed by atoms with van der Waals surface area (Å²) in [6.45, 7) is 6.02. The van der Waals surface area contributed by atoms with Crippen molar-refractivity contribution in [1.29, 1.82) is 0 Å². The van der Waals surface area contributed by atoms with E-state index in [0.717, 1.165) is 60.8 Å². The number of aromatic amines is 2. The molecule has 0 radical (unpaired) electrons. The van der Waals surface area contributed by atoms with E-state index >= 15 is 0 Å². The lowest BCUT2D eigenvalue weighted by Crippen LogP contribution is -2.46. The largest absolute Gasteiger partial charge is 0.367 e. The molecule has 0 atom stereocenters. The lowest BCUT2D eigenvalue weighted by molar-refractivity contribution is 0.160. The minimum absolute atomic E-state index is 0.0946. The van der Waals surface area contributed by atoms with Crippen LogP contribution in [0.15, 0.2) is 52.9 Å². The Labute approximate surface area is 189 Å².